The third-order valence-corrected chi connectivity index (χ3v) is 9.26. The number of aliphatic imine (C=N–C) groups is 1. The number of nitrogens with zero attached hydrogens (tertiary/aromatic N) is 4. The van der Waals surface area contributed by atoms with Crippen LogP contribution in [0.2, 0.25) is 5.02 Å². The lowest BCUT2D eigenvalue weighted by Gasteiger charge is -2.34. The Balaban J connectivity index is 0.000000180. The van der Waals surface area contributed by atoms with Gasteiger partial charge in [0.05, 0.1) is 52.5 Å². The number of fused-ring (bicyclic) bond motifs is 3. The molecule has 0 atom stereocenters. The summed E-state index contributed by atoms with van der Waals surface area (Å²) in [6, 6.07) is 25.4. The van der Waals surface area contributed by atoms with Gasteiger partial charge in [-0.2, -0.15) is 0 Å². The SMILES string of the molecule is CN1CCN(C2=Nc3ccccc3Oc3ccc(Cl)cc32)CC1.COc1ccc(Cc2nccc3cc(OC)c(OC)cc23)cc1OC.O=C(O)CCC(=O)O. The van der Waals surface area contributed by atoms with Gasteiger partial charge in [0, 0.05) is 49.2 Å². The maximum atomic E-state index is 9.64. The number of hydrogen-bond acceptors (Lipinski definition) is 11. The predicted octanol–water partition coefficient (Wildman–Crippen LogP) is 7.57. The van der Waals surface area contributed by atoms with Crippen molar-refractivity contribution >= 4 is 45.8 Å². The molecule has 2 aliphatic rings. The average molecular weight is 785 g/mol. The van der Waals surface area contributed by atoms with Gasteiger partial charge in [-0.3, -0.25) is 14.6 Å². The molecule has 2 aliphatic heterocycles. The summed E-state index contributed by atoms with van der Waals surface area (Å²) < 4.78 is 27.6. The van der Waals surface area contributed by atoms with Crippen molar-refractivity contribution in [2.75, 3.05) is 61.7 Å². The van der Waals surface area contributed by atoms with Gasteiger partial charge in [0.2, 0.25) is 0 Å². The fourth-order valence-electron chi connectivity index (χ4n) is 6.05. The molecule has 0 radical (unpaired) electrons. The highest BCUT2D eigenvalue weighted by Gasteiger charge is 2.25. The number of para-hydroxylation sites is 2. The molecule has 2 N–H and O–H groups in total. The number of hydrogen-bond donors (Lipinski definition) is 2. The number of halogens is 1. The molecule has 1 fully saturated rings. The molecule has 5 aromatic rings. The van der Waals surface area contributed by atoms with Crippen LogP contribution in [0.4, 0.5) is 5.69 Å². The van der Waals surface area contributed by atoms with Crippen LogP contribution in [0.1, 0.15) is 29.7 Å². The molecular weight excluding hydrogens is 740 g/mol. The van der Waals surface area contributed by atoms with Crippen molar-refractivity contribution in [1.82, 2.24) is 14.8 Å². The van der Waals surface area contributed by atoms with E-state index in [1.54, 1.807) is 28.4 Å². The number of likely N-dealkylation sites (N-methyl/N-ethyl adjacent to an activating group) is 1. The summed E-state index contributed by atoms with van der Waals surface area (Å²) in [7, 11) is 8.68. The first-order valence-corrected chi connectivity index (χ1v) is 18.1. The maximum Gasteiger partial charge on any atom is 0.303 e. The highest BCUT2D eigenvalue weighted by atomic mass is 35.5. The summed E-state index contributed by atoms with van der Waals surface area (Å²) >= 11 is 6.23. The fourth-order valence-corrected chi connectivity index (χ4v) is 6.22. The second kappa shape index (κ2) is 19.5. The van der Waals surface area contributed by atoms with Gasteiger partial charge in [0.25, 0.3) is 0 Å². The zero-order chi connectivity index (χ0) is 40.2. The predicted molar refractivity (Wildman–Crippen MR) is 215 cm³/mol. The standard InChI is InChI=1S/C20H21NO4.C18H18ClN3O.C4H6O4/c1-22-17-6-5-13(10-18(17)23-2)9-16-15-12-20(25-4)19(24-3)11-14(15)7-8-21-16;1-21-8-10-22(11-9-21)18-14-12-13(19)6-7-16(14)23-17-5-3-2-4-15(17)20-18;5-3(6)1-2-4(7)8/h5-8,10-12H,9H2,1-4H3;2-7,12H,8-11H2,1H3;1-2H2,(H,5,6)(H,7,8). The third-order valence-electron chi connectivity index (χ3n) is 9.02. The number of carboxylic acid groups (broad SMARTS) is 2. The minimum absolute atomic E-state index is 0.296. The zero-order valence-corrected chi connectivity index (χ0v) is 32.7. The molecular formula is C42H45ClN4O9. The molecule has 56 heavy (non-hydrogen) atoms. The number of ether oxygens (including phenoxy) is 5. The normalized spacial score (nSPS) is 13.2. The van der Waals surface area contributed by atoms with E-state index < -0.39 is 11.9 Å². The Bertz CT molecular complexity index is 2170. The van der Waals surface area contributed by atoms with Crippen LogP contribution in [-0.2, 0) is 16.0 Å². The van der Waals surface area contributed by atoms with Crippen LogP contribution in [0.3, 0.4) is 0 Å². The number of amidine groups is 1. The van der Waals surface area contributed by atoms with E-state index in [1.807, 2.05) is 85.1 Å². The summed E-state index contributed by atoms with van der Waals surface area (Å²) in [5.74, 6) is 3.19. The second-order valence-electron chi connectivity index (χ2n) is 12.8. The smallest absolute Gasteiger partial charge is 0.303 e. The first-order valence-electron chi connectivity index (χ1n) is 17.8. The first-order chi connectivity index (χ1) is 27.0. The van der Waals surface area contributed by atoms with Crippen LogP contribution in [0, 0.1) is 0 Å². The zero-order valence-electron chi connectivity index (χ0n) is 32.0. The van der Waals surface area contributed by atoms with E-state index in [0.717, 1.165) is 76.8 Å². The molecule has 14 heteroatoms. The summed E-state index contributed by atoms with van der Waals surface area (Å²) in [4.78, 5) is 33.4. The third kappa shape index (κ3) is 10.6. The summed E-state index contributed by atoms with van der Waals surface area (Å²) in [5, 5.41) is 18.6. The van der Waals surface area contributed by atoms with Crippen LogP contribution in [-0.4, -0.2) is 104 Å². The molecule has 0 spiro atoms. The molecule has 13 nitrogen and oxygen atoms in total. The van der Waals surface area contributed by atoms with Crippen LogP contribution < -0.4 is 23.7 Å². The average Bonchev–Trinajstić information content (AvgIpc) is 3.37. The van der Waals surface area contributed by atoms with E-state index in [9.17, 15) is 9.59 Å². The van der Waals surface area contributed by atoms with Crippen molar-refractivity contribution in [3.8, 4) is 34.5 Å². The van der Waals surface area contributed by atoms with Crippen molar-refractivity contribution in [1.29, 1.82) is 0 Å². The Morgan fingerprint density at radius 1 is 0.750 bits per heavy atom. The molecule has 3 heterocycles. The van der Waals surface area contributed by atoms with Crippen LogP contribution in [0.25, 0.3) is 10.8 Å². The number of pyridine rings is 1. The van der Waals surface area contributed by atoms with Crippen molar-refractivity contribution in [3.63, 3.8) is 0 Å². The van der Waals surface area contributed by atoms with E-state index in [-0.39, 0.29) is 12.8 Å². The fraction of sp³-hybridized carbons (Fsp3) is 0.286. The lowest BCUT2D eigenvalue weighted by atomic mass is 10.0. The van der Waals surface area contributed by atoms with E-state index in [1.165, 1.54) is 0 Å². The molecule has 0 amide bonds. The Hall–Kier alpha value is -6.05. The molecule has 294 valence electrons. The van der Waals surface area contributed by atoms with E-state index in [4.69, 9.17) is 50.5 Å². The van der Waals surface area contributed by atoms with Gasteiger partial charge in [-0.1, -0.05) is 29.8 Å². The number of piperazine rings is 1. The first kappa shape index (κ1) is 41.1. The number of rotatable bonds is 9. The largest absolute Gasteiger partial charge is 0.493 e. The number of carbonyl (C=O) groups is 2. The molecule has 0 bridgehead atoms. The molecule has 1 aromatic heterocycles. The molecule has 0 saturated carbocycles. The number of benzene rings is 4. The molecule has 0 unspecified atom stereocenters. The quantitative estimate of drug-likeness (QED) is 0.152. The summed E-state index contributed by atoms with van der Waals surface area (Å²) in [6.07, 6.45) is 1.89. The molecule has 4 aromatic carbocycles. The second-order valence-corrected chi connectivity index (χ2v) is 13.2. The minimum atomic E-state index is -1.08. The van der Waals surface area contributed by atoms with Crippen LogP contribution in [0.5, 0.6) is 34.5 Å². The summed E-state index contributed by atoms with van der Waals surface area (Å²) in [5.41, 5.74) is 3.87. The highest BCUT2D eigenvalue weighted by molar-refractivity contribution is 6.31. The van der Waals surface area contributed by atoms with Gasteiger partial charge in [-0.15, -0.1) is 0 Å². The summed E-state index contributed by atoms with van der Waals surface area (Å²) in [6.45, 7) is 3.95. The monoisotopic (exact) mass is 784 g/mol. The molecule has 0 aliphatic carbocycles. The highest BCUT2D eigenvalue weighted by Crippen LogP contribution is 2.39. The number of aliphatic carboxylic acids is 2. The number of carboxylic acids is 2. The Kier molecular flexibility index (Phi) is 14.3. The lowest BCUT2D eigenvalue weighted by Crippen LogP contribution is -2.47. The van der Waals surface area contributed by atoms with Gasteiger partial charge in [0.15, 0.2) is 28.7 Å². The van der Waals surface area contributed by atoms with Gasteiger partial charge < -0.3 is 43.7 Å². The van der Waals surface area contributed by atoms with E-state index in [2.05, 4.69) is 21.8 Å². The van der Waals surface area contributed by atoms with Gasteiger partial charge >= 0.3 is 11.9 Å². The maximum absolute atomic E-state index is 9.64. The van der Waals surface area contributed by atoms with Crippen LogP contribution in [0.15, 0.2) is 90.1 Å². The van der Waals surface area contributed by atoms with Crippen LogP contribution >= 0.6 is 11.6 Å². The van der Waals surface area contributed by atoms with E-state index in [0.29, 0.717) is 34.4 Å². The molecule has 7 rings (SSSR count). The Labute approximate surface area is 330 Å². The van der Waals surface area contributed by atoms with Crippen molar-refractivity contribution in [3.05, 3.63) is 107 Å². The van der Waals surface area contributed by atoms with Crippen molar-refractivity contribution in [2.24, 2.45) is 4.99 Å². The van der Waals surface area contributed by atoms with Crippen molar-refractivity contribution in [2.45, 2.75) is 19.3 Å². The van der Waals surface area contributed by atoms with Crippen molar-refractivity contribution < 1.29 is 43.5 Å². The van der Waals surface area contributed by atoms with Gasteiger partial charge in [-0.25, -0.2) is 4.99 Å². The van der Waals surface area contributed by atoms with Gasteiger partial charge in [0.1, 0.15) is 17.3 Å². The Morgan fingerprint density at radius 3 is 2.05 bits per heavy atom. The minimum Gasteiger partial charge on any atom is -0.493 e. The van der Waals surface area contributed by atoms with Gasteiger partial charge in [-0.05, 0) is 78.7 Å². The number of aromatic nitrogens is 1. The number of methoxy groups -OCH3 is 4. The van der Waals surface area contributed by atoms with E-state index >= 15 is 0 Å². The Morgan fingerprint density at radius 2 is 1.39 bits per heavy atom. The molecule has 1 saturated heterocycles. The lowest BCUT2D eigenvalue weighted by molar-refractivity contribution is -0.143. The topological polar surface area (TPSA) is 152 Å².